The number of piperazine rings is 1. The summed E-state index contributed by atoms with van der Waals surface area (Å²) >= 11 is 0. The summed E-state index contributed by atoms with van der Waals surface area (Å²) in [5, 5.41) is 0. The fourth-order valence-corrected chi connectivity index (χ4v) is 3.03. The van der Waals surface area contributed by atoms with Crippen molar-refractivity contribution in [2.24, 2.45) is 5.73 Å². The number of hydrogen-bond acceptors (Lipinski definition) is 3. The maximum Gasteiger partial charge on any atom is 0.253 e. The number of rotatable bonds is 3. The Morgan fingerprint density at radius 2 is 1.50 bits per heavy atom. The van der Waals surface area contributed by atoms with E-state index in [1.54, 1.807) is 0 Å². The molecule has 0 aliphatic carbocycles. The molecule has 0 unspecified atom stereocenters. The van der Waals surface area contributed by atoms with Gasteiger partial charge in [0.05, 0.1) is 0 Å². The van der Waals surface area contributed by atoms with Crippen LogP contribution in [0.5, 0.6) is 0 Å². The highest BCUT2D eigenvalue weighted by Crippen LogP contribution is 2.19. The second-order valence-corrected chi connectivity index (χ2v) is 6.91. The number of para-hydroxylation sites is 1. The summed E-state index contributed by atoms with van der Waals surface area (Å²) < 4.78 is 0. The number of nitrogens with zero attached hydrogens (tertiary/aromatic N) is 2. The molecule has 0 bridgehead atoms. The van der Waals surface area contributed by atoms with Gasteiger partial charge in [-0.2, -0.15) is 0 Å². The fourth-order valence-electron chi connectivity index (χ4n) is 3.03. The predicted molar refractivity (Wildman–Crippen MR) is 98.2 cm³/mol. The first-order chi connectivity index (χ1) is 11.4. The van der Waals surface area contributed by atoms with Crippen molar-refractivity contribution in [3.63, 3.8) is 0 Å². The fraction of sp³-hybridized carbons (Fsp3) is 0.350. The van der Waals surface area contributed by atoms with Crippen LogP contribution in [0.2, 0.25) is 0 Å². The van der Waals surface area contributed by atoms with Crippen LogP contribution < -0.4 is 10.6 Å². The molecule has 1 aliphatic heterocycles. The van der Waals surface area contributed by atoms with E-state index in [4.69, 9.17) is 5.73 Å². The first-order valence-corrected chi connectivity index (χ1v) is 8.44. The molecular weight excluding hydrogens is 298 g/mol. The molecule has 2 aromatic rings. The summed E-state index contributed by atoms with van der Waals surface area (Å²) in [4.78, 5) is 16.9. The van der Waals surface area contributed by atoms with Crippen LogP contribution in [0.1, 0.15) is 29.8 Å². The molecule has 1 fully saturated rings. The molecule has 0 aromatic heterocycles. The molecule has 24 heavy (non-hydrogen) atoms. The third kappa shape index (κ3) is 3.60. The first-order valence-electron chi connectivity index (χ1n) is 8.44. The van der Waals surface area contributed by atoms with Gasteiger partial charge in [-0.25, -0.2) is 0 Å². The highest BCUT2D eigenvalue weighted by molar-refractivity contribution is 5.94. The highest BCUT2D eigenvalue weighted by Gasteiger charge is 2.22. The van der Waals surface area contributed by atoms with Crippen molar-refractivity contribution >= 4 is 11.6 Å². The normalized spacial score (nSPS) is 15.5. The molecule has 126 valence electrons. The number of amides is 1. The molecule has 0 spiro atoms. The van der Waals surface area contributed by atoms with Crippen molar-refractivity contribution in [2.75, 3.05) is 31.1 Å². The van der Waals surface area contributed by atoms with E-state index in [9.17, 15) is 4.79 Å². The first kappa shape index (κ1) is 16.5. The van der Waals surface area contributed by atoms with Crippen LogP contribution in [0, 0.1) is 0 Å². The number of carbonyl (C=O) groups excluding carboxylic acids is 1. The van der Waals surface area contributed by atoms with Gasteiger partial charge in [-0.1, -0.05) is 30.3 Å². The quantitative estimate of drug-likeness (QED) is 0.945. The van der Waals surface area contributed by atoms with E-state index in [1.165, 1.54) is 5.69 Å². The van der Waals surface area contributed by atoms with E-state index in [0.29, 0.717) is 0 Å². The van der Waals surface area contributed by atoms with Crippen LogP contribution in [-0.2, 0) is 5.54 Å². The van der Waals surface area contributed by atoms with Gasteiger partial charge in [-0.3, -0.25) is 4.79 Å². The second kappa shape index (κ2) is 6.65. The van der Waals surface area contributed by atoms with Crippen LogP contribution in [0.25, 0.3) is 0 Å². The molecule has 4 nitrogen and oxygen atoms in total. The van der Waals surface area contributed by atoms with E-state index < -0.39 is 0 Å². The van der Waals surface area contributed by atoms with Crippen molar-refractivity contribution in [3.05, 3.63) is 65.7 Å². The van der Waals surface area contributed by atoms with E-state index in [0.717, 1.165) is 37.3 Å². The van der Waals surface area contributed by atoms with Crippen molar-refractivity contribution in [3.8, 4) is 0 Å². The Hall–Kier alpha value is -2.33. The maximum absolute atomic E-state index is 12.7. The Kier molecular flexibility index (Phi) is 4.58. The summed E-state index contributed by atoms with van der Waals surface area (Å²) in [5.41, 5.74) is 8.70. The minimum Gasteiger partial charge on any atom is -0.368 e. The summed E-state index contributed by atoms with van der Waals surface area (Å²) in [7, 11) is 0. The maximum atomic E-state index is 12.7. The van der Waals surface area contributed by atoms with Crippen molar-refractivity contribution in [1.82, 2.24) is 4.90 Å². The Balaban J connectivity index is 1.63. The summed E-state index contributed by atoms with van der Waals surface area (Å²) in [6.45, 7) is 7.16. The van der Waals surface area contributed by atoms with Crippen LogP contribution in [0.15, 0.2) is 54.6 Å². The average molecular weight is 323 g/mol. The topological polar surface area (TPSA) is 49.6 Å². The van der Waals surface area contributed by atoms with Gasteiger partial charge >= 0.3 is 0 Å². The number of carbonyl (C=O) groups is 1. The number of benzene rings is 2. The second-order valence-electron chi connectivity index (χ2n) is 6.91. The molecule has 1 saturated heterocycles. The minimum absolute atomic E-state index is 0.101. The molecule has 1 amide bonds. The number of nitrogens with two attached hydrogens (primary N) is 1. The number of hydrogen-bond donors (Lipinski definition) is 1. The van der Waals surface area contributed by atoms with Gasteiger partial charge in [0, 0.05) is 43.0 Å². The zero-order valence-electron chi connectivity index (χ0n) is 14.4. The lowest BCUT2D eigenvalue weighted by Crippen LogP contribution is -2.48. The Bertz CT molecular complexity index is 681. The SMILES string of the molecule is CC(C)(N)c1ccc(C(=O)N2CCN(c3ccccc3)CC2)cc1. The van der Waals surface area contributed by atoms with Gasteiger partial charge in [0.25, 0.3) is 5.91 Å². The van der Waals surface area contributed by atoms with E-state index in [1.807, 2.05) is 61.2 Å². The van der Waals surface area contributed by atoms with Crippen molar-refractivity contribution in [2.45, 2.75) is 19.4 Å². The number of anilines is 1. The van der Waals surface area contributed by atoms with Gasteiger partial charge in [0.15, 0.2) is 0 Å². The lowest BCUT2D eigenvalue weighted by molar-refractivity contribution is 0.0746. The minimum atomic E-state index is -0.386. The van der Waals surface area contributed by atoms with Gasteiger partial charge in [0.2, 0.25) is 0 Å². The van der Waals surface area contributed by atoms with Crippen LogP contribution >= 0.6 is 0 Å². The molecule has 0 saturated carbocycles. The zero-order chi connectivity index (χ0) is 17.2. The van der Waals surface area contributed by atoms with Crippen molar-refractivity contribution < 1.29 is 4.79 Å². The molecular formula is C20H25N3O. The largest absolute Gasteiger partial charge is 0.368 e. The van der Waals surface area contributed by atoms with E-state index in [-0.39, 0.29) is 11.4 Å². The van der Waals surface area contributed by atoms with Gasteiger partial charge in [-0.05, 0) is 43.7 Å². The molecule has 2 N–H and O–H groups in total. The molecule has 1 heterocycles. The van der Waals surface area contributed by atoms with Gasteiger partial charge in [-0.15, -0.1) is 0 Å². The molecule has 0 radical (unpaired) electrons. The predicted octanol–water partition coefficient (Wildman–Crippen LogP) is 2.84. The Labute approximate surface area is 143 Å². The smallest absolute Gasteiger partial charge is 0.253 e. The zero-order valence-corrected chi connectivity index (χ0v) is 14.4. The third-order valence-corrected chi connectivity index (χ3v) is 4.56. The Morgan fingerprint density at radius 3 is 2.04 bits per heavy atom. The molecule has 0 atom stereocenters. The monoisotopic (exact) mass is 323 g/mol. The molecule has 4 heteroatoms. The summed E-state index contributed by atoms with van der Waals surface area (Å²) in [6.07, 6.45) is 0. The molecule has 3 rings (SSSR count). The summed E-state index contributed by atoms with van der Waals surface area (Å²) in [5.74, 6) is 0.101. The van der Waals surface area contributed by atoms with Gasteiger partial charge < -0.3 is 15.5 Å². The van der Waals surface area contributed by atoms with Crippen molar-refractivity contribution in [1.29, 1.82) is 0 Å². The third-order valence-electron chi connectivity index (χ3n) is 4.56. The summed E-state index contributed by atoms with van der Waals surface area (Å²) in [6, 6.07) is 18.0. The van der Waals surface area contributed by atoms with Crippen LogP contribution in [-0.4, -0.2) is 37.0 Å². The van der Waals surface area contributed by atoms with Crippen LogP contribution in [0.3, 0.4) is 0 Å². The lowest BCUT2D eigenvalue weighted by Gasteiger charge is -2.36. The molecule has 1 aliphatic rings. The van der Waals surface area contributed by atoms with Gasteiger partial charge in [0.1, 0.15) is 0 Å². The average Bonchev–Trinajstić information content (AvgIpc) is 2.61. The van der Waals surface area contributed by atoms with E-state index >= 15 is 0 Å². The molecule has 2 aromatic carbocycles. The standard InChI is InChI=1S/C20H25N3O/c1-20(2,21)17-10-8-16(9-11-17)19(24)23-14-12-22(13-15-23)18-6-4-3-5-7-18/h3-11H,12-15,21H2,1-2H3. The van der Waals surface area contributed by atoms with Crippen LogP contribution in [0.4, 0.5) is 5.69 Å². The highest BCUT2D eigenvalue weighted by atomic mass is 16.2. The lowest BCUT2D eigenvalue weighted by atomic mass is 9.94. The van der Waals surface area contributed by atoms with E-state index in [2.05, 4.69) is 17.0 Å². The Morgan fingerprint density at radius 1 is 0.917 bits per heavy atom.